The fraction of sp³-hybridized carbons (Fsp3) is 0.600. The van der Waals surface area contributed by atoms with Crippen LogP contribution in [0.1, 0.15) is 10.9 Å². The molecule has 1 aromatic heterocycles. The number of thiophene rings is 1. The summed E-state index contributed by atoms with van der Waals surface area (Å²) in [7, 11) is 0. The second-order valence-corrected chi connectivity index (χ2v) is 5.08. The normalized spacial score (nSPS) is 36.8. The van der Waals surface area contributed by atoms with Crippen LogP contribution in [0.15, 0.2) is 17.5 Å². The zero-order chi connectivity index (χ0) is 9.54. The van der Waals surface area contributed by atoms with Gasteiger partial charge >= 0.3 is 0 Å². The molecule has 14 heavy (non-hydrogen) atoms. The van der Waals surface area contributed by atoms with E-state index < -0.39 is 0 Å². The van der Waals surface area contributed by atoms with E-state index in [1.807, 2.05) is 0 Å². The number of rotatable bonds is 3. The van der Waals surface area contributed by atoms with Crippen molar-refractivity contribution in [2.24, 2.45) is 23.6 Å². The average Bonchev–Trinajstić information content (AvgIpc) is 2.67. The van der Waals surface area contributed by atoms with Gasteiger partial charge in [0.15, 0.2) is 0 Å². The minimum absolute atomic E-state index is 0.342. The number of ether oxygens (including phenoxy) is 1. The standard InChI is InChI=1S/C10H14N2OS/c11-12-10(8-2-1-3-14-8)9-6-4-13-5-7(6)9/h1-3,6-7,9-10,12H,4-5,11H2. The number of nitrogens with two attached hydrogens (primary N) is 1. The van der Waals surface area contributed by atoms with Crippen molar-refractivity contribution in [2.75, 3.05) is 13.2 Å². The lowest BCUT2D eigenvalue weighted by atomic mass is 10.1. The van der Waals surface area contributed by atoms with Crippen LogP contribution in [0.2, 0.25) is 0 Å². The van der Waals surface area contributed by atoms with Crippen LogP contribution in [0.3, 0.4) is 0 Å². The van der Waals surface area contributed by atoms with Gasteiger partial charge in [0, 0.05) is 4.88 Å². The van der Waals surface area contributed by atoms with Gasteiger partial charge in [-0.05, 0) is 29.2 Å². The van der Waals surface area contributed by atoms with Crippen LogP contribution in [0.4, 0.5) is 0 Å². The van der Waals surface area contributed by atoms with Gasteiger partial charge < -0.3 is 4.74 Å². The number of nitrogens with one attached hydrogen (secondary N) is 1. The van der Waals surface area contributed by atoms with E-state index in [1.54, 1.807) is 11.3 Å². The molecule has 3 unspecified atom stereocenters. The predicted molar refractivity (Wildman–Crippen MR) is 55.7 cm³/mol. The van der Waals surface area contributed by atoms with E-state index in [4.69, 9.17) is 10.6 Å². The van der Waals surface area contributed by atoms with Crippen molar-refractivity contribution in [1.82, 2.24) is 5.43 Å². The molecule has 1 aliphatic carbocycles. The van der Waals surface area contributed by atoms with Crippen LogP contribution < -0.4 is 11.3 Å². The van der Waals surface area contributed by atoms with Crippen LogP contribution in [0.5, 0.6) is 0 Å². The van der Waals surface area contributed by atoms with Gasteiger partial charge in [-0.25, -0.2) is 0 Å². The zero-order valence-electron chi connectivity index (χ0n) is 7.85. The monoisotopic (exact) mass is 210 g/mol. The molecule has 1 aromatic rings. The van der Waals surface area contributed by atoms with E-state index in [2.05, 4.69) is 22.9 Å². The summed E-state index contributed by atoms with van der Waals surface area (Å²) in [5.41, 5.74) is 2.95. The Labute approximate surface area is 87.2 Å². The molecule has 3 nitrogen and oxygen atoms in total. The van der Waals surface area contributed by atoms with Crippen molar-refractivity contribution in [1.29, 1.82) is 0 Å². The number of hydrogen-bond acceptors (Lipinski definition) is 4. The molecule has 1 aliphatic heterocycles. The van der Waals surface area contributed by atoms with Gasteiger partial charge in [0.05, 0.1) is 19.3 Å². The first-order valence-electron chi connectivity index (χ1n) is 4.99. The minimum Gasteiger partial charge on any atom is -0.381 e. The van der Waals surface area contributed by atoms with Gasteiger partial charge in [-0.15, -0.1) is 11.3 Å². The molecule has 2 aliphatic rings. The van der Waals surface area contributed by atoms with Crippen molar-refractivity contribution in [2.45, 2.75) is 6.04 Å². The second kappa shape index (κ2) is 3.31. The van der Waals surface area contributed by atoms with Crippen LogP contribution >= 0.6 is 11.3 Å². The Morgan fingerprint density at radius 3 is 2.86 bits per heavy atom. The number of fused-ring (bicyclic) bond motifs is 1. The molecule has 3 rings (SSSR count). The Balaban J connectivity index is 1.77. The molecule has 2 fully saturated rings. The van der Waals surface area contributed by atoms with E-state index >= 15 is 0 Å². The van der Waals surface area contributed by atoms with Crippen molar-refractivity contribution >= 4 is 11.3 Å². The summed E-state index contributed by atoms with van der Waals surface area (Å²) in [6, 6.07) is 4.58. The van der Waals surface area contributed by atoms with Gasteiger partial charge in [-0.2, -0.15) is 0 Å². The molecular weight excluding hydrogens is 196 g/mol. The van der Waals surface area contributed by atoms with E-state index in [0.29, 0.717) is 12.0 Å². The lowest BCUT2D eigenvalue weighted by Gasteiger charge is -2.16. The molecule has 0 bridgehead atoms. The quantitative estimate of drug-likeness (QED) is 0.581. The summed E-state index contributed by atoms with van der Waals surface area (Å²) in [6.45, 7) is 1.86. The molecule has 76 valence electrons. The Morgan fingerprint density at radius 1 is 1.50 bits per heavy atom. The lowest BCUT2D eigenvalue weighted by Crippen LogP contribution is -2.30. The molecule has 4 heteroatoms. The van der Waals surface area contributed by atoms with Crippen molar-refractivity contribution in [3.05, 3.63) is 22.4 Å². The van der Waals surface area contributed by atoms with E-state index in [1.165, 1.54) is 4.88 Å². The average molecular weight is 210 g/mol. The molecule has 3 atom stereocenters. The van der Waals surface area contributed by atoms with E-state index in [9.17, 15) is 0 Å². The minimum atomic E-state index is 0.342. The summed E-state index contributed by atoms with van der Waals surface area (Å²) >= 11 is 1.78. The first kappa shape index (κ1) is 8.85. The zero-order valence-corrected chi connectivity index (χ0v) is 8.67. The summed E-state index contributed by atoms with van der Waals surface area (Å²) in [5, 5.41) is 2.11. The lowest BCUT2D eigenvalue weighted by molar-refractivity contribution is 0.143. The number of hydrogen-bond donors (Lipinski definition) is 2. The van der Waals surface area contributed by atoms with Crippen LogP contribution in [0.25, 0.3) is 0 Å². The third kappa shape index (κ3) is 1.22. The summed E-state index contributed by atoms with van der Waals surface area (Å²) in [6.07, 6.45) is 0. The van der Waals surface area contributed by atoms with Gasteiger partial charge in [0.25, 0.3) is 0 Å². The third-order valence-electron chi connectivity index (χ3n) is 3.43. The van der Waals surface area contributed by atoms with Crippen LogP contribution in [0, 0.1) is 17.8 Å². The van der Waals surface area contributed by atoms with Gasteiger partial charge in [0.2, 0.25) is 0 Å². The molecule has 2 heterocycles. The van der Waals surface area contributed by atoms with Crippen LogP contribution in [-0.4, -0.2) is 13.2 Å². The maximum absolute atomic E-state index is 5.62. The fourth-order valence-corrected chi connectivity index (χ4v) is 3.47. The molecule has 1 saturated heterocycles. The molecule has 0 spiro atoms. The van der Waals surface area contributed by atoms with E-state index in [0.717, 1.165) is 25.0 Å². The topological polar surface area (TPSA) is 47.3 Å². The highest BCUT2D eigenvalue weighted by Crippen LogP contribution is 2.56. The Kier molecular flexibility index (Phi) is 2.09. The smallest absolute Gasteiger partial charge is 0.0588 e. The van der Waals surface area contributed by atoms with Crippen molar-refractivity contribution in [3.8, 4) is 0 Å². The highest BCUT2D eigenvalue weighted by Gasteiger charge is 2.57. The number of hydrazine groups is 1. The maximum atomic E-state index is 5.62. The SMILES string of the molecule is NNC(c1cccs1)C1C2COCC21. The summed E-state index contributed by atoms with van der Waals surface area (Å²) < 4.78 is 5.38. The molecule has 0 aromatic carbocycles. The molecule has 0 amide bonds. The van der Waals surface area contributed by atoms with Gasteiger partial charge in [-0.1, -0.05) is 6.07 Å². The highest BCUT2D eigenvalue weighted by molar-refractivity contribution is 7.10. The highest BCUT2D eigenvalue weighted by atomic mass is 32.1. The van der Waals surface area contributed by atoms with Crippen molar-refractivity contribution < 1.29 is 4.74 Å². The third-order valence-corrected chi connectivity index (χ3v) is 4.39. The molecule has 3 N–H and O–H groups in total. The predicted octanol–water partition coefficient (Wildman–Crippen LogP) is 1.14. The van der Waals surface area contributed by atoms with Gasteiger partial charge in [0.1, 0.15) is 0 Å². The Bertz CT molecular complexity index is 304. The molecule has 0 radical (unpaired) electrons. The van der Waals surface area contributed by atoms with Gasteiger partial charge in [-0.3, -0.25) is 11.3 Å². The largest absolute Gasteiger partial charge is 0.381 e. The van der Waals surface area contributed by atoms with Crippen molar-refractivity contribution in [3.63, 3.8) is 0 Å². The van der Waals surface area contributed by atoms with E-state index in [-0.39, 0.29) is 0 Å². The molecule has 1 saturated carbocycles. The first-order valence-corrected chi connectivity index (χ1v) is 5.87. The molecular formula is C10H14N2OS. The van der Waals surface area contributed by atoms with Crippen LogP contribution in [-0.2, 0) is 4.74 Å². The first-order chi connectivity index (χ1) is 6.92. The maximum Gasteiger partial charge on any atom is 0.0588 e. The fourth-order valence-electron chi connectivity index (χ4n) is 2.63. The summed E-state index contributed by atoms with van der Waals surface area (Å²) in [5.74, 6) is 7.82. The Hall–Kier alpha value is -0.420. The Morgan fingerprint density at radius 2 is 2.29 bits per heavy atom. The summed E-state index contributed by atoms with van der Waals surface area (Å²) in [4.78, 5) is 1.35. The second-order valence-electron chi connectivity index (χ2n) is 4.10.